The van der Waals surface area contributed by atoms with E-state index < -0.39 is 0 Å². The summed E-state index contributed by atoms with van der Waals surface area (Å²) in [5, 5.41) is 7.25. The lowest BCUT2D eigenvalue weighted by Crippen LogP contribution is -2.27. The van der Waals surface area contributed by atoms with E-state index in [4.69, 9.17) is 9.26 Å². The van der Waals surface area contributed by atoms with Crippen LogP contribution < -0.4 is 5.32 Å². The van der Waals surface area contributed by atoms with Crippen LogP contribution in [-0.4, -0.2) is 29.8 Å². The zero-order valence-electron chi connectivity index (χ0n) is 12.1. The van der Waals surface area contributed by atoms with Gasteiger partial charge in [0.25, 0.3) is 0 Å². The lowest BCUT2D eigenvalue weighted by atomic mass is 10.0. The fraction of sp³-hybridized carbons (Fsp3) is 0.846. The second-order valence-electron chi connectivity index (χ2n) is 4.59. The summed E-state index contributed by atoms with van der Waals surface area (Å²) in [6.45, 7) is 8.94. The molecule has 0 amide bonds. The van der Waals surface area contributed by atoms with Crippen molar-refractivity contribution in [1.29, 1.82) is 0 Å². The Balaban J connectivity index is 2.76. The molecule has 0 aliphatic carbocycles. The van der Waals surface area contributed by atoms with Gasteiger partial charge >= 0.3 is 0 Å². The fourth-order valence-electron chi connectivity index (χ4n) is 1.78. The van der Waals surface area contributed by atoms with Gasteiger partial charge in [-0.25, -0.2) is 0 Å². The van der Waals surface area contributed by atoms with Crippen LogP contribution >= 0.6 is 0 Å². The number of ether oxygens (including phenoxy) is 1. The molecule has 1 aromatic rings. The van der Waals surface area contributed by atoms with Crippen LogP contribution in [0.1, 0.15) is 64.3 Å². The molecular weight excluding hydrogens is 230 g/mol. The van der Waals surface area contributed by atoms with Crippen LogP contribution in [0.25, 0.3) is 0 Å². The molecule has 0 aliphatic heterocycles. The van der Waals surface area contributed by atoms with E-state index >= 15 is 0 Å². The van der Waals surface area contributed by atoms with Crippen LogP contribution in [-0.2, 0) is 4.74 Å². The number of rotatable bonds is 8. The van der Waals surface area contributed by atoms with Gasteiger partial charge in [-0.05, 0) is 27.3 Å². The highest BCUT2D eigenvalue weighted by Crippen LogP contribution is 2.23. The molecule has 3 atom stereocenters. The van der Waals surface area contributed by atoms with E-state index in [0.29, 0.717) is 24.4 Å². The minimum absolute atomic E-state index is 0.0467. The van der Waals surface area contributed by atoms with Gasteiger partial charge in [0.15, 0.2) is 0 Å². The molecule has 104 valence electrons. The smallest absolute Gasteiger partial charge is 0.231 e. The molecule has 0 saturated carbocycles. The van der Waals surface area contributed by atoms with Crippen LogP contribution in [0.3, 0.4) is 0 Å². The lowest BCUT2D eigenvalue weighted by Gasteiger charge is -2.15. The Morgan fingerprint density at radius 3 is 2.61 bits per heavy atom. The summed E-state index contributed by atoms with van der Waals surface area (Å²) in [7, 11) is 1.93. The Morgan fingerprint density at radius 1 is 1.33 bits per heavy atom. The standard InChI is InChI=1S/C13H25N3O2/c1-6-8-11(17-7-2)12-15-13(18-16-12)9(3)10(4)14-5/h9-11,14H,6-8H2,1-5H3. The summed E-state index contributed by atoms with van der Waals surface area (Å²) >= 11 is 0. The number of hydrogen-bond donors (Lipinski definition) is 1. The third-order valence-electron chi connectivity index (χ3n) is 3.26. The maximum atomic E-state index is 5.65. The molecule has 0 spiro atoms. The molecule has 0 aliphatic rings. The molecule has 0 radical (unpaired) electrons. The number of nitrogens with zero attached hydrogens (tertiary/aromatic N) is 2. The SMILES string of the molecule is CCCC(OCC)c1noc(C(C)C(C)NC)n1. The van der Waals surface area contributed by atoms with Gasteiger partial charge in [-0.15, -0.1) is 0 Å². The molecule has 1 N–H and O–H groups in total. The van der Waals surface area contributed by atoms with Crippen LogP contribution in [0.4, 0.5) is 0 Å². The number of nitrogens with one attached hydrogen (secondary N) is 1. The molecule has 0 bridgehead atoms. The van der Waals surface area contributed by atoms with E-state index in [1.54, 1.807) is 0 Å². The van der Waals surface area contributed by atoms with E-state index in [2.05, 4.69) is 36.2 Å². The topological polar surface area (TPSA) is 60.2 Å². The fourth-order valence-corrected chi connectivity index (χ4v) is 1.78. The van der Waals surface area contributed by atoms with Gasteiger partial charge in [-0.3, -0.25) is 0 Å². The van der Waals surface area contributed by atoms with E-state index in [9.17, 15) is 0 Å². The van der Waals surface area contributed by atoms with Crippen molar-refractivity contribution >= 4 is 0 Å². The van der Waals surface area contributed by atoms with E-state index in [-0.39, 0.29) is 12.0 Å². The zero-order chi connectivity index (χ0) is 13.5. The maximum absolute atomic E-state index is 5.65. The first-order valence-corrected chi connectivity index (χ1v) is 6.76. The number of aromatic nitrogens is 2. The van der Waals surface area contributed by atoms with Crippen LogP contribution in [0, 0.1) is 0 Å². The first kappa shape index (κ1) is 15.1. The Hall–Kier alpha value is -0.940. The largest absolute Gasteiger partial charge is 0.370 e. The molecule has 1 aromatic heterocycles. The molecular formula is C13H25N3O2. The van der Waals surface area contributed by atoms with Gasteiger partial charge in [0.1, 0.15) is 6.10 Å². The average Bonchev–Trinajstić information content (AvgIpc) is 2.86. The van der Waals surface area contributed by atoms with Gasteiger partial charge in [0.05, 0.1) is 5.92 Å². The molecule has 1 heterocycles. The predicted molar refractivity (Wildman–Crippen MR) is 70.5 cm³/mol. The summed E-state index contributed by atoms with van der Waals surface area (Å²) in [4.78, 5) is 4.47. The normalized spacial score (nSPS) is 16.5. The van der Waals surface area contributed by atoms with Gasteiger partial charge in [-0.2, -0.15) is 4.98 Å². The Bertz CT molecular complexity index is 335. The quantitative estimate of drug-likeness (QED) is 0.774. The second kappa shape index (κ2) is 7.48. The first-order valence-electron chi connectivity index (χ1n) is 6.76. The molecule has 5 nitrogen and oxygen atoms in total. The van der Waals surface area contributed by atoms with Gasteiger partial charge in [-0.1, -0.05) is 25.4 Å². The van der Waals surface area contributed by atoms with Crippen molar-refractivity contribution in [2.75, 3.05) is 13.7 Å². The summed E-state index contributed by atoms with van der Waals surface area (Å²) < 4.78 is 11.0. The minimum atomic E-state index is -0.0467. The van der Waals surface area contributed by atoms with Gasteiger partial charge in [0.2, 0.25) is 11.7 Å². The summed E-state index contributed by atoms with van der Waals surface area (Å²) in [5.41, 5.74) is 0. The molecule has 3 unspecified atom stereocenters. The van der Waals surface area contributed by atoms with Crippen LogP contribution in [0.2, 0.25) is 0 Å². The summed E-state index contributed by atoms with van der Waals surface area (Å²) in [6.07, 6.45) is 1.91. The third kappa shape index (κ3) is 3.78. The third-order valence-corrected chi connectivity index (χ3v) is 3.26. The first-order chi connectivity index (χ1) is 8.63. The van der Waals surface area contributed by atoms with Crippen LogP contribution in [0.15, 0.2) is 4.52 Å². The van der Waals surface area contributed by atoms with Crippen molar-refractivity contribution in [3.63, 3.8) is 0 Å². The summed E-state index contributed by atoms with van der Waals surface area (Å²) in [5.74, 6) is 1.54. The highest BCUT2D eigenvalue weighted by atomic mass is 16.5. The van der Waals surface area contributed by atoms with Gasteiger partial charge in [0, 0.05) is 12.6 Å². The van der Waals surface area contributed by atoms with Gasteiger partial charge < -0.3 is 14.6 Å². The highest BCUT2D eigenvalue weighted by Gasteiger charge is 2.23. The molecule has 18 heavy (non-hydrogen) atoms. The maximum Gasteiger partial charge on any atom is 0.231 e. The number of likely N-dealkylation sites (N-methyl/N-ethyl adjacent to an activating group) is 1. The Morgan fingerprint density at radius 2 is 2.06 bits per heavy atom. The Kier molecular flexibility index (Phi) is 6.29. The van der Waals surface area contributed by atoms with Crippen molar-refractivity contribution in [1.82, 2.24) is 15.5 Å². The van der Waals surface area contributed by atoms with E-state index in [1.165, 1.54) is 0 Å². The Labute approximate surface area is 109 Å². The van der Waals surface area contributed by atoms with Crippen molar-refractivity contribution in [3.05, 3.63) is 11.7 Å². The second-order valence-corrected chi connectivity index (χ2v) is 4.59. The highest BCUT2D eigenvalue weighted by molar-refractivity contribution is 4.98. The van der Waals surface area contributed by atoms with Crippen molar-refractivity contribution in [2.45, 2.75) is 58.6 Å². The van der Waals surface area contributed by atoms with Crippen LogP contribution in [0.5, 0.6) is 0 Å². The van der Waals surface area contributed by atoms with E-state index in [0.717, 1.165) is 12.8 Å². The minimum Gasteiger partial charge on any atom is -0.370 e. The summed E-state index contributed by atoms with van der Waals surface area (Å²) in [6, 6.07) is 0.301. The van der Waals surface area contributed by atoms with Crippen molar-refractivity contribution < 1.29 is 9.26 Å². The lowest BCUT2D eigenvalue weighted by molar-refractivity contribution is 0.0477. The number of hydrogen-bond acceptors (Lipinski definition) is 5. The van der Waals surface area contributed by atoms with E-state index in [1.807, 2.05) is 14.0 Å². The monoisotopic (exact) mass is 255 g/mol. The molecule has 1 rings (SSSR count). The molecule has 0 aromatic carbocycles. The molecule has 5 heteroatoms. The zero-order valence-corrected chi connectivity index (χ0v) is 12.1. The molecule has 0 saturated heterocycles. The van der Waals surface area contributed by atoms with Crippen molar-refractivity contribution in [2.24, 2.45) is 0 Å². The average molecular weight is 255 g/mol. The predicted octanol–water partition coefficient (Wildman–Crippen LogP) is 2.66. The molecule has 0 fully saturated rings. The van der Waals surface area contributed by atoms with Crippen molar-refractivity contribution in [3.8, 4) is 0 Å².